The van der Waals surface area contributed by atoms with Gasteiger partial charge in [-0.1, -0.05) is 11.6 Å². The smallest absolute Gasteiger partial charge is 0.235 e. The van der Waals surface area contributed by atoms with Gasteiger partial charge in [0, 0.05) is 6.61 Å². The third-order valence-electron chi connectivity index (χ3n) is 3.10. The van der Waals surface area contributed by atoms with Gasteiger partial charge in [-0.2, -0.15) is 0 Å². The topological polar surface area (TPSA) is 64.6 Å². The van der Waals surface area contributed by atoms with Crippen LogP contribution in [0.15, 0.2) is 18.2 Å². The van der Waals surface area contributed by atoms with Gasteiger partial charge >= 0.3 is 0 Å². The fourth-order valence-corrected chi connectivity index (χ4v) is 3.71. The monoisotopic (exact) mass is 319 g/mol. The van der Waals surface area contributed by atoms with Crippen molar-refractivity contribution in [2.45, 2.75) is 25.4 Å². The Labute approximate surface area is 124 Å². The highest BCUT2D eigenvalue weighted by molar-refractivity contribution is 7.92. The van der Waals surface area contributed by atoms with Crippen LogP contribution in [0.1, 0.15) is 19.3 Å². The zero-order chi connectivity index (χ0) is 14.6. The number of methoxy groups -OCH3 is 1. The van der Waals surface area contributed by atoms with Crippen molar-refractivity contribution < 1.29 is 17.9 Å². The van der Waals surface area contributed by atoms with Crippen molar-refractivity contribution in [3.63, 3.8) is 0 Å². The van der Waals surface area contributed by atoms with Gasteiger partial charge < -0.3 is 9.47 Å². The summed E-state index contributed by atoms with van der Waals surface area (Å²) in [6.07, 6.45) is 2.56. The maximum Gasteiger partial charge on any atom is 0.235 e. The van der Waals surface area contributed by atoms with E-state index in [1.165, 1.54) is 13.2 Å². The van der Waals surface area contributed by atoms with Gasteiger partial charge in [0.25, 0.3) is 0 Å². The highest BCUT2D eigenvalue weighted by Gasteiger charge is 2.22. The maximum absolute atomic E-state index is 12.1. The second-order valence-electron chi connectivity index (χ2n) is 4.72. The quantitative estimate of drug-likeness (QED) is 0.906. The van der Waals surface area contributed by atoms with E-state index in [2.05, 4.69) is 4.72 Å². The molecule has 0 bridgehead atoms. The molecule has 7 heteroatoms. The molecule has 0 spiro atoms. The Morgan fingerprint density at radius 1 is 1.45 bits per heavy atom. The van der Waals surface area contributed by atoms with Crippen molar-refractivity contribution in [3.8, 4) is 5.75 Å². The highest BCUT2D eigenvalue weighted by Crippen LogP contribution is 2.27. The molecule has 1 heterocycles. The number of hydrogen-bond donors (Lipinski definition) is 1. The summed E-state index contributed by atoms with van der Waals surface area (Å²) in [5, 5.41) is 0.363. The Bertz CT molecular complexity index is 555. The number of sulfonamides is 1. The molecule has 0 aliphatic carbocycles. The first-order valence-corrected chi connectivity index (χ1v) is 8.49. The molecule has 5 nitrogen and oxygen atoms in total. The van der Waals surface area contributed by atoms with Crippen LogP contribution in [-0.2, 0) is 14.8 Å². The van der Waals surface area contributed by atoms with Gasteiger partial charge in [-0.25, -0.2) is 8.42 Å². The predicted octanol–water partition coefficient (Wildman–Crippen LogP) is 2.66. The van der Waals surface area contributed by atoms with Crippen LogP contribution in [0.25, 0.3) is 0 Å². The summed E-state index contributed by atoms with van der Waals surface area (Å²) < 4.78 is 37.1. The zero-order valence-electron chi connectivity index (χ0n) is 11.3. The molecule has 1 fully saturated rings. The molecule has 0 radical (unpaired) electrons. The number of anilines is 1. The Morgan fingerprint density at radius 2 is 2.25 bits per heavy atom. The average molecular weight is 320 g/mol. The normalized spacial score (nSPS) is 19.6. The molecule has 0 aromatic heterocycles. The molecule has 0 saturated carbocycles. The summed E-state index contributed by atoms with van der Waals surface area (Å²) in [5.41, 5.74) is 0.423. The summed E-state index contributed by atoms with van der Waals surface area (Å²) in [6.45, 7) is 0.633. The Kier molecular flexibility index (Phi) is 5.12. The number of ether oxygens (including phenoxy) is 2. The minimum absolute atomic E-state index is 0.0311. The van der Waals surface area contributed by atoms with E-state index in [0.29, 0.717) is 23.1 Å². The van der Waals surface area contributed by atoms with Crippen LogP contribution in [0.4, 0.5) is 5.69 Å². The number of halogens is 1. The number of rotatable bonds is 5. The van der Waals surface area contributed by atoms with Crippen molar-refractivity contribution in [2.75, 3.05) is 24.2 Å². The molecule has 1 N–H and O–H groups in total. The summed E-state index contributed by atoms with van der Waals surface area (Å²) >= 11 is 5.97. The summed E-state index contributed by atoms with van der Waals surface area (Å²) in [6, 6.07) is 4.76. The molecule has 1 saturated heterocycles. The van der Waals surface area contributed by atoms with Crippen LogP contribution in [0.2, 0.25) is 5.02 Å². The van der Waals surface area contributed by atoms with Gasteiger partial charge in [-0.15, -0.1) is 0 Å². The van der Waals surface area contributed by atoms with Crippen LogP contribution in [-0.4, -0.2) is 34.0 Å². The fourth-order valence-electron chi connectivity index (χ4n) is 2.13. The summed E-state index contributed by atoms with van der Waals surface area (Å²) in [5.74, 6) is 0.474. The first kappa shape index (κ1) is 15.4. The van der Waals surface area contributed by atoms with Gasteiger partial charge in [0.15, 0.2) is 0 Å². The van der Waals surface area contributed by atoms with Crippen LogP contribution in [0.5, 0.6) is 5.75 Å². The molecule has 1 aliphatic rings. The molecule has 20 heavy (non-hydrogen) atoms. The van der Waals surface area contributed by atoms with E-state index in [9.17, 15) is 8.42 Å². The molecular formula is C13H18ClNO4S. The zero-order valence-corrected chi connectivity index (χ0v) is 12.8. The number of hydrogen-bond acceptors (Lipinski definition) is 4. The van der Waals surface area contributed by atoms with Crippen LogP contribution in [0.3, 0.4) is 0 Å². The van der Waals surface area contributed by atoms with Crippen molar-refractivity contribution in [1.82, 2.24) is 0 Å². The molecule has 0 unspecified atom stereocenters. The maximum atomic E-state index is 12.1. The lowest BCUT2D eigenvalue weighted by Gasteiger charge is -2.22. The number of benzene rings is 1. The van der Waals surface area contributed by atoms with E-state index in [4.69, 9.17) is 21.1 Å². The minimum atomic E-state index is -3.45. The van der Waals surface area contributed by atoms with Crippen LogP contribution < -0.4 is 9.46 Å². The van der Waals surface area contributed by atoms with E-state index in [1.54, 1.807) is 12.1 Å². The average Bonchev–Trinajstić information content (AvgIpc) is 2.39. The predicted molar refractivity (Wildman–Crippen MR) is 79.0 cm³/mol. The highest BCUT2D eigenvalue weighted by atomic mass is 35.5. The van der Waals surface area contributed by atoms with E-state index in [-0.39, 0.29) is 11.9 Å². The molecule has 0 amide bonds. The molecule has 1 aliphatic heterocycles. The van der Waals surface area contributed by atoms with Crippen LogP contribution >= 0.6 is 11.6 Å². The van der Waals surface area contributed by atoms with Crippen LogP contribution in [0, 0.1) is 0 Å². The summed E-state index contributed by atoms with van der Waals surface area (Å²) in [7, 11) is -1.94. The molecular weight excluding hydrogens is 302 g/mol. The molecule has 1 aromatic rings. The number of nitrogens with one attached hydrogen (secondary N) is 1. The largest absolute Gasteiger partial charge is 0.495 e. The van der Waals surface area contributed by atoms with Gasteiger partial charge in [-0.3, -0.25) is 4.72 Å². The molecule has 1 atom stereocenters. The van der Waals surface area contributed by atoms with Gasteiger partial charge in [0.05, 0.1) is 29.7 Å². The van der Waals surface area contributed by atoms with Gasteiger partial charge in [0.2, 0.25) is 10.0 Å². The molecule has 2 rings (SSSR count). The lowest BCUT2D eigenvalue weighted by atomic mass is 10.1. The molecule has 112 valence electrons. The second kappa shape index (κ2) is 6.65. The standard InChI is InChI=1S/C13H18ClNO4S/c1-18-13-6-5-10(8-12(13)14)15-20(16,17)9-11-4-2-3-7-19-11/h5-6,8,11,15H,2-4,7,9H2,1H3/t11-/m0/s1. The first-order chi connectivity index (χ1) is 9.50. The van der Waals surface area contributed by atoms with E-state index >= 15 is 0 Å². The Balaban J connectivity index is 2.02. The van der Waals surface area contributed by atoms with Crippen molar-refractivity contribution in [1.29, 1.82) is 0 Å². The van der Waals surface area contributed by atoms with Gasteiger partial charge in [0.1, 0.15) is 5.75 Å². The van der Waals surface area contributed by atoms with Gasteiger partial charge in [-0.05, 0) is 37.5 Å². The lowest BCUT2D eigenvalue weighted by Crippen LogP contribution is -2.30. The van der Waals surface area contributed by atoms with E-state index < -0.39 is 10.0 Å². The lowest BCUT2D eigenvalue weighted by molar-refractivity contribution is 0.0306. The fraction of sp³-hybridized carbons (Fsp3) is 0.538. The van der Waals surface area contributed by atoms with Crippen molar-refractivity contribution in [3.05, 3.63) is 23.2 Å². The second-order valence-corrected chi connectivity index (χ2v) is 6.90. The molecule has 1 aromatic carbocycles. The van der Waals surface area contributed by atoms with Crippen molar-refractivity contribution >= 4 is 27.3 Å². The minimum Gasteiger partial charge on any atom is -0.495 e. The van der Waals surface area contributed by atoms with E-state index in [1.807, 2.05) is 0 Å². The Hall–Kier alpha value is -0.980. The van der Waals surface area contributed by atoms with Crippen molar-refractivity contribution in [2.24, 2.45) is 0 Å². The first-order valence-electron chi connectivity index (χ1n) is 6.46. The third-order valence-corrected chi connectivity index (χ3v) is 4.76. The summed E-state index contributed by atoms with van der Waals surface area (Å²) in [4.78, 5) is 0. The SMILES string of the molecule is COc1ccc(NS(=O)(=O)C[C@@H]2CCCCO2)cc1Cl. The Morgan fingerprint density at radius 3 is 2.85 bits per heavy atom. The van der Waals surface area contributed by atoms with E-state index in [0.717, 1.165) is 19.3 Å². The third kappa shape index (κ3) is 4.26.